The number of quaternary nitrogens is 1. The molecular weight excluding hydrogens is 316 g/mol. The molecule has 3 heterocycles. The third kappa shape index (κ3) is 3.72. The van der Waals surface area contributed by atoms with Crippen LogP contribution >= 0.6 is 0 Å². The van der Waals surface area contributed by atoms with Gasteiger partial charge in [0, 0.05) is 12.0 Å². The highest BCUT2D eigenvalue weighted by Crippen LogP contribution is 2.18. The topological polar surface area (TPSA) is 77.5 Å². The first kappa shape index (κ1) is 16.2. The normalized spacial score (nSPS) is 23.4. The minimum Gasteiger partial charge on any atom is -0.372 e. The summed E-state index contributed by atoms with van der Waals surface area (Å²) in [6, 6.07) is 6.27. The molecule has 0 radical (unpaired) electrons. The van der Waals surface area contributed by atoms with Gasteiger partial charge in [-0.2, -0.15) is 4.98 Å². The molecule has 2 aliphatic rings. The molecule has 0 aliphatic carbocycles. The van der Waals surface area contributed by atoms with Gasteiger partial charge in [-0.1, -0.05) is 12.1 Å². The van der Waals surface area contributed by atoms with E-state index in [2.05, 4.69) is 50.7 Å². The second-order valence-corrected chi connectivity index (χ2v) is 6.95. The Kier molecular flexibility index (Phi) is 4.50. The minimum atomic E-state index is 0.405. The lowest BCUT2D eigenvalue weighted by Crippen LogP contribution is -3.24. The number of anilines is 1. The zero-order chi connectivity index (χ0) is 17.2. The van der Waals surface area contributed by atoms with E-state index in [0.717, 1.165) is 49.0 Å². The van der Waals surface area contributed by atoms with E-state index < -0.39 is 0 Å². The van der Waals surface area contributed by atoms with E-state index >= 15 is 0 Å². The molecule has 1 saturated heterocycles. The summed E-state index contributed by atoms with van der Waals surface area (Å²) in [6.45, 7) is 7.77. The van der Waals surface area contributed by atoms with Crippen LogP contribution in [0.5, 0.6) is 0 Å². The van der Waals surface area contributed by atoms with Crippen LogP contribution in [-0.2, 0) is 4.74 Å². The van der Waals surface area contributed by atoms with Crippen molar-refractivity contribution in [2.45, 2.75) is 32.8 Å². The molecule has 2 atom stereocenters. The van der Waals surface area contributed by atoms with Crippen molar-refractivity contribution in [3.05, 3.63) is 29.5 Å². The SMILES string of the molecule is Cc1ccc2c(C)nc(NC3=[NH+]C[NH+](C[C@@H]4CCCO4)CN3)nc2c1. The Labute approximate surface area is 147 Å². The molecule has 1 unspecified atom stereocenters. The molecule has 0 spiro atoms. The van der Waals surface area contributed by atoms with E-state index in [1.54, 1.807) is 0 Å². The summed E-state index contributed by atoms with van der Waals surface area (Å²) in [7, 11) is 0. The van der Waals surface area contributed by atoms with E-state index in [0.29, 0.717) is 12.1 Å². The summed E-state index contributed by atoms with van der Waals surface area (Å²) in [5, 5.41) is 7.76. The zero-order valence-electron chi connectivity index (χ0n) is 14.9. The number of guanidine groups is 1. The van der Waals surface area contributed by atoms with Crippen LogP contribution in [0.2, 0.25) is 0 Å². The predicted octanol–water partition coefficient (Wildman–Crippen LogP) is -1.32. The average Bonchev–Trinajstić information content (AvgIpc) is 3.09. The van der Waals surface area contributed by atoms with Crippen LogP contribution in [0.15, 0.2) is 18.2 Å². The maximum atomic E-state index is 5.72. The van der Waals surface area contributed by atoms with Crippen molar-refractivity contribution in [1.29, 1.82) is 0 Å². The molecule has 7 nitrogen and oxygen atoms in total. The first-order valence-corrected chi connectivity index (χ1v) is 8.99. The van der Waals surface area contributed by atoms with Crippen molar-refractivity contribution in [1.82, 2.24) is 15.3 Å². The van der Waals surface area contributed by atoms with Crippen molar-refractivity contribution < 1.29 is 14.6 Å². The van der Waals surface area contributed by atoms with Gasteiger partial charge in [-0.25, -0.2) is 20.6 Å². The van der Waals surface area contributed by atoms with Gasteiger partial charge in [0.15, 0.2) is 13.3 Å². The molecule has 1 fully saturated rings. The highest BCUT2D eigenvalue weighted by molar-refractivity contribution is 5.89. The van der Waals surface area contributed by atoms with Crippen LogP contribution in [0.1, 0.15) is 24.1 Å². The lowest BCUT2D eigenvalue weighted by molar-refractivity contribution is -0.982. The van der Waals surface area contributed by atoms with Crippen LogP contribution < -0.4 is 20.5 Å². The molecule has 25 heavy (non-hydrogen) atoms. The van der Waals surface area contributed by atoms with Gasteiger partial charge in [0.25, 0.3) is 5.95 Å². The molecule has 1 aromatic heterocycles. The monoisotopic (exact) mass is 342 g/mol. The van der Waals surface area contributed by atoms with Crippen molar-refractivity contribution in [2.24, 2.45) is 0 Å². The molecule has 4 N–H and O–H groups in total. The number of ether oxygens (including phenoxy) is 1. The van der Waals surface area contributed by atoms with E-state index in [4.69, 9.17) is 4.74 Å². The summed E-state index contributed by atoms with van der Waals surface area (Å²) in [4.78, 5) is 14.1. The standard InChI is InChI=1S/C18H24N6O/c1-12-5-6-15-13(2)21-18(22-16(15)8-12)23-17-19-10-24(11-20-17)9-14-4-3-7-25-14/h5-6,8,14H,3-4,7,9-11H2,1-2H3,(H2,19,20,21,22,23)/p+2/t14-/m0/s1. The number of aryl methyl sites for hydroxylation is 2. The van der Waals surface area contributed by atoms with Gasteiger partial charge in [-0.3, -0.25) is 4.90 Å². The molecule has 2 aromatic rings. The molecular formula is C18H26N6O+2. The van der Waals surface area contributed by atoms with Crippen LogP contribution in [0.4, 0.5) is 5.95 Å². The second kappa shape index (κ2) is 6.93. The Morgan fingerprint density at radius 2 is 2.28 bits per heavy atom. The molecule has 7 heteroatoms. The molecule has 0 bridgehead atoms. The van der Waals surface area contributed by atoms with Crippen molar-refractivity contribution in [2.75, 3.05) is 31.8 Å². The average molecular weight is 342 g/mol. The first-order valence-electron chi connectivity index (χ1n) is 8.99. The number of nitrogens with one attached hydrogen (secondary N) is 4. The maximum Gasteiger partial charge on any atom is 0.359 e. The summed E-state index contributed by atoms with van der Waals surface area (Å²) in [5.41, 5.74) is 3.15. The van der Waals surface area contributed by atoms with Gasteiger partial charge >= 0.3 is 5.96 Å². The summed E-state index contributed by atoms with van der Waals surface area (Å²) in [5.74, 6) is 1.48. The lowest BCUT2D eigenvalue weighted by atomic mass is 10.1. The Hall–Kier alpha value is -2.25. The fourth-order valence-corrected chi connectivity index (χ4v) is 3.48. The highest BCUT2D eigenvalue weighted by atomic mass is 16.5. The summed E-state index contributed by atoms with van der Waals surface area (Å²) >= 11 is 0. The number of benzene rings is 1. The third-order valence-electron chi connectivity index (χ3n) is 4.85. The van der Waals surface area contributed by atoms with Gasteiger partial charge < -0.3 is 4.74 Å². The van der Waals surface area contributed by atoms with Gasteiger partial charge in [0.2, 0.25) is 0 Å². The third-order valence-corrected chi connectivity index (χ3v) is 4.85. The number of hydrogen-bond donors (Lipinski definition) is 4. The van der Waals surface area contributed by atoms with E-state index in [9.17, 15) is 0 Å². The largest absolute Gasteiger partial charge is 0.372 e. The molecule has 4 rings (SSSR count). The molecule has 0 amide bonds. The van der Waals surface area contributed by atoms with Crippen molar-refractivity contribution >= 4 is 22.8 Å². The van der Waals surface area contributed by atoms with E-state index in [1.165, 1.54) is 23.3 Å². The summed E-state index contributed by atoms with van der Waals surface area (Å²) < 4.78 is 5.72. The first-order chi connectivity index (χ1) is 12.2. The number of hydrogen-bond acceptors (Lipinski definition) is 5. The van der Waals surface area contributed by atoms with Crippen molar-refractivity contribution in [3.63, 3.8) is 0 Å². The highest BCUT2D eigenvalue weighted by Gasteiger charge is 2.26. The number of rotatable bonds is 3. The van der Waals surface area contributed by atoms with Gasteiger partial charge in [-0.05, 0) is 38.3 Å². The molecule has 0 saturated carbocycles. The quantitative estimate of drug-likeness (QED) is 0.557. The molecule has 2 aliphatic heterocycles. The van der Waals surface area contributed by atoms with Gasteiger partial charge in [0.05, 0.1) is 11.2 Å². The fraction of sp³-hybridized carbons (Fsp3) is 0.500. The van der Waals surface area contributed by atoms with Crippen LogP contribution in [0.3, 0.4) is 0 Å². The maximum absolute atomic E-state index is 5.72. The fourth-order valence-electron chi connectivity index (χ4n) is 3.48. The number of nitrogens with zero attached hydrogens (tertiary/aromatic N) is 2. The number of aromatic nitrogens is 2. The Morgan fingerprint density at radius 3 is 3.04 bits per heavy atom. The predicted molar refractivity (Wildman–Crippen MR) is 96.3 cm³/mol. The van der Waals surface area contributed by atoms with Crippen LogP contribution in [-0.4, -0.2) is 48.5 Å². The van der Waals surface area contributed by atoms with E-state index in [1.807, 2.05) is 6.92 Å². The zero-order valence-corrected chi connectivity index (χ0v) is 14.9. The number of fused-ring (bicyclic) bond motifs is 1. The summed E-state index contributed by atoms with van der Waals surface area (Å²) in [6.07, 6.45) is 2.78. The van der Waals surface area contributed by atoms with E-state index in [-0.39, 0.29) is 0 Å². The lowest BCUT2D eigenvalue weighted by Gasteiger charge is -2.22. The Morgan fingerprint density at radius 1 is 1.36 bits per heavy atom. The minimum absolute atomic E-state index is 0.405. The second-order valence-electron chi connectivity index (χ2n) is 6.95. The van der Waals surface area contributed by atoms with Gasteiger partial charge in [0.1, 0.15) is 12.6 Å². The molecule has 132 valence electrons. The smallest absolute Gasteiger partial charge is 0.359 e. The van der Waals surface area contributed by atoms with Crippen LogP contribution in [0, 0.1) is 13.8 Å². The molecule has 1 aromatic carbocycles. The van der Waals surface area contributed by atoms with Crippen molar-refractivity contribution in [3.8, 4) is 0 Å². The Balaban J connectivity index is 1.43. The van der Waals surface area contributed by atoms with Gasteiger partial charge in [-0.15, -0.1) is 0 Å². The van der Waals surface area contributed by atoms with Crippen LogP contribution in [0.25, 0.3) is 10.9 Å². The Bertz CT molecular complexity index is 799.